The quantitative estimate of drug-likeness (QED) is 0.368. The van der Waals surface area contributed by atoms with E-state index in [-0.39, 0.29) is 0 Å². The molecule has 3 aromatic rings. The molecular formula is C21H19F6N5. The summed E-state index contributed by atoms with van der Waals surface area (Å²) in [6.45, 7) is 4.35. The van der Waals surface area contributed by atoms with Crippen LogP contribution in [0.25, 0.3) is 11.3 Å². The number of halogens is 6. The van der Waals surface area contributed by atoms with Gasteiger partial charge in [-0.05, 0) is 49.2 Å². The first-order valence-corrected chi connectivity index (χ1v) is 9.49. The highest BCUT2D eigenvalue weighted by Gasteiger charge is 2.31. The Bertz CT molecular complexity index is 1060. The number of pyridine rings is 1. The van der Waals surface area contributed by atoms with E-state index in [1.807, 2.05) is 6.92 Å². The average Bonchev–Trinajstić information content (AvgIpc) is 2.73. The zero-order valence-corrected chi connectivity index (χ0v) is 17.1. The van der Waals surface area contributed by atoms with E-state index in [2.05, 4.69) is 25.8 Å². The average molecular weight is 455 g/mol. The summed E-state index contributed by atoms with van der Waals surface area (Å²) in [6, 6.07) is 6.90. The number of aromatic nitrogens is 3. The summed E-state index contributed by atoms with van der Waals surface area (Å²) in [6.07, 6.45) is -8.09. The van der Waals surface area contributed by atoms with Gasteiger partial charge in [0.05, 0.1) is 16.8 Å². The summed E-state index contributed by atoms with van der Waals surface area (Å²) in [7, 11) is 0. The van der Waals surface area contributed by atoms with Crippen LogP contribution in [-0.2, 0) is 12.4 Å². The molecule has 5 nitrogen and oxygen atoms in total. The van der Waals surface area contributed by atoms with Crippen LogP contribution < -0.4 is 10.6 Å². The lowest BCUT2D eigenvalue weighted by molar-refractivity contribution is -0.138. The van der Waals surface area contributed by atoms with E-state index < -0.39 is 23.5 Å². The zero-order chi connectivity index (χ0) is 23.5. The monoisotopic (exact) mass is 455 g/mol. The van der Waals surface area contributed by atoms with Gasteiger partial charge in [0.2, 0.25) is 0 Å². The van der Waals surface area contributed by atoms with Gasteiger partial charge in [-0.15, -0.1) is 10.2 Å². The van der Waals surface area contributed by atoms with Crippen molar-refractivity contribution in [2.24, 2.45) is 0 Å². The Kier molecular flexibility index (Phi) is 6.56. The largest absolute Gasteiger partial charge is 0.417 e. The number of anilines is 2. The lowest BCUT2D eigenvalue weighted by Gasteiger charge is -2.14. The van der Waals surface area contributed by atoms with Crippen molar-refractivity contribution in [2.75, 3.05) is 23.7 Å². The van der Waals surface area contributed by atoms with Crippen LogP contribution in [0.15, 0.2) is 42.6 Å². The summed E-state index contributed by atoms with van der Waals surface area (Å²) >= 11 is 0. The SMILES string of the molecule is Cc1c(NCCNc2ccc(C(F)(F)F)cn2)nnc(-c2ccc(C(F)(F)F)cc2)c1C. The zero-order valence-electron chi connectivity index (χ0n) is 17.1. The third-order valence-corrected chi connectivity index (χ3v) is 4.82. The molecule has 2 N–H and O–H groups in total. The molecule has 0 radical (unpaired) electrons. The lowest BCUT2D eigenvalue weighted by atomic mass is 10.0. The van der Waals surface area contributed by atoms with Gasteiger partial charge in [-0.2, -0.15) is 26.3 Å². The molecule has 1 aromatic carbocycles. The highest BCUT2D eigenvalue weighted by molar-refractivity contribution is 5.66. The van der Waals surface area contributed by atoms with Gasteiger partial charge in [0.1, 0.15) is 5.82 Å². The van der Waals surface area contributed by atoms with Crippen LogP contribution in [0.1, 0.15) is 22.3 Å². The predicted octanol–water partition coefficient (Wildman–Crippen LogP) is 5.72. The Balaban J connectivity index is 1.61. The molecule has 2 aromatic heterocycles. The third kappa shape index (κ3) is 5.45. The van der Waals surface area contributed by atoms with Crippen LogP contribution in [0.5, 0.6) is 0 Å². The molecule has 0 amide bonds. The van der Waals surface area contributed by atoms with Crippen molar-refractivity contribution in [2.45, 2.75) is 26.2 Å². The molecule has 3 rings (SSSR count). The standard InChI is InChI=1S/C21H19F6N5/c1-12-13(2)19(29-10-9-28-17-8-7-16(11-30-17)21(25,26)27)32-31-18(12)14-3-5-15(6-4-14)20(22,23)24/h3-8,11H,9-10H2,1-2H3,(H,28,30)(H,29,32). The first-order chi connectivity index (χ1) is 15.0. The summed E-state index contributed by atoms with van der Waals surface area (Å²) in [5.74, 6) is 0.803. The van der Waals surface area contributed by atoms with Crippen LogP contribution in [0.4, 0.5) is 38.0 Å². The molecule has 0 fully saturated rings. The highest BCUT2D eigenvalue weighted by Crippen LogP contribution is 2.32. The number of benzene rings is 1. The smallest absolute Gasteiger partial charge is 0.368 e. The van der Waals surface area contributed by atoms with Crippen LogP contribution in [0.3, 0.4) is 0 Å². The van der Waals surface area contributed by atoms with Crippen molar-refractivity contribution in [1.29, 1.82) is 0 Å². The maximum atomic E-state index is 12.7. The number of rotatable bonds is 6. The van der Waals surface area contributed by atoms with E-state index in [0.29, 0.717) is 36.0 Å². The van der Waals surface area contributed by atoms with Crippen LogP contribution in [-0.4, -0.2) is 28.3 Å². The second-order valence-corrected chi connectivity index (χ2v) is 7.01. The Labute approximate surface area is 179 Å². The fraction of sp³-hybridized carbons (Fsp3) is 0.286. The normalized spacial score (nSPS) is 12.0. The molecule has 0 aliphatic carbocycles. The highest BCUT2D eigenvalue weighted by atomic mass is 19.4. The summed E-state index contributed by atoms with van der Waals surface area (Å²) in [4.78, 5) is 3.73. The van der Waals surface area contributed by atoms with Gasteiger partial charge in [0, 0.05) is 24.8 Å². The Morgan fingerprint density at radius 3 is 1.88 bits per heavy atom. The van der Waals surface area contributed by atoms with Crippen molar-refractivity contribution < 1.29 is 26.3 Å². The first kappa shape index (κ1) is 23.3. The minimum Gasteiger partial charge on any atom is -0.368 e. The predicted molar refractivity (Wildman–Crippen MR) is 108 cm³/mol. The summed E-state index contributed by atoms with van der Waals surface area (Å²) < 4.78 is 75.9. The third-order valence-electron chi connectivity index (χ3n) is 4.82. The van der Waals surface area contributed by atoms with Crippen molar-refractivity contribution in [3.8, 4) is 11.3 Å². The van der Waals surface area contributed by atoms with Crippen molar-refractivity contribution in [3.63, 3.8) is 0 Å². The van der Waals surface area contributed by atoms with Crippen LogP contribution in [0, 0.1) is 13.8 Å². The van der Waals surface area contributed by atoms with E-state index in [0.717, 1.165) is 35.5 Å². The second-order valence-electron chi connectivity index (χ2n) is 7.01. The topological polar surface area (TPSA) is 62.7 Å². The van der Waals surface area contributed by atoms with Gasteiger partial charge in [-0.1, -0.05) is 12.1 Å². The van der Waals surface area contributed by atoms with E-state index >= 15 is 0 Å². The molecule has 2 heterocycles. The molecular weight excluding hydrogens is 436 g/mol. The van der Waals surface area contributed by atoms with E-state index in [1.54, 1.807) is 6.92 Å². The number of alkyl halides is 6. The minimum atomic E-state index is -4.44. The van der Waals surface area contributed by atoms with Crippen molar-refractivity contribution in [3.05, 3.63) is 64.8 Å². The van der Waals surface area contributed by atoms with Gasteiger partial charge in [0.25, 0.3) is 0 Å². The maximum absolute atomic E-state index is 12.7. The van der Waals surface area contributed by atoms with Crippen molar-refractivity contribution >= 4 is 11.6 Å². The van der Waals surface area contributed by atoms with Gasteiger partial charge < -0.3 is 10.6 Å². The fourth-order valence-corrected chi connectivity index (χ4v) is 2.90. The molecule has 0 bridgehead atoms. The first-order valence-electron chi connectivity index (χ1n) is 9.49. The van der Waals surface area contributed by atoms with E-state index in [9.17, 15) is 26.3 Å². The minimum absolute atomic E-state index is 0.302. The summed E-state index contributed by atoms with van der Waals surface area (Å²) in [5.41, 5.74) is 0.983. The molecule has 11 heteroatoms. The number of hydrogen-bond donors (Lipinski definition) is 2. The maximum Gasteiger partial charge on any atom is 0.417 e. The van der Waals surface area contributed by atoms with Gasteiger partial charge in [0.15, 0.2) is 5.82 Å². The molecule has 0 atom stereocenters. The second kappa shape index (κ2) is 9.01. The molecule has 0 unspecified atom stereocenters. The molecule has 32 heavy (non-hydrogen) atoms. The Morgan fingerprint density at radius 1 is 0.719 bits per heavy atom. The number of nitrogens with one attached hydrogen (secondary N) is 2. The van der Waals surface area contributed by atoms with Gasteiger partial charge in [-0.3, -0.25) is 0 Å². The Hall–Kier alpha value is -3.37. The number of hydrogen-bond acceptors (Lipinski definition) is 5. The van der Waals surface area contributed by atoms with Crippen LogP contribution >= 0.6 is 0 Å². The fourth-order valence-electron chi connectivity index (χ4n) is 2.90. The molecule has 0 saturated carbocycles. The molecule has 0 aliphatic rings. The summed E-state index contributed by atoms with van der Waals surface area (Å²) in [5, 5.41) is 14.2. The molecule has 0 saturated heterocycles. The lowest BCUT2D eigenvalue weighted by Crippen LogP contribution is -2.16. The molecule has 0 aliphatic heterocycles. The number of nitrogens with zero attached hydrogens (tertiary/aromatic N) is 3. The van der Waals surface area contributed by atoms with Crippen LogP contribution in [0.2, 0.25) is 0 Å². The van der Waals surface area contributed by atoms with Gasteiger partial charge in [-0.25, -0.2) is 4.98 Å². The Morgan fingerprint density at radius 2 is 1.31 bits per heavy atom. The van der Waals surface area contributed by atoms with Crippen molar-refractivity contribution in [1.82, 2.24) is 15.2 Å². The molecule has 170 valence electrons. The van der Waals surface area contributed by atoms with E-state index in [4.69, 9.17) is 0 Å². The van der Waals surface area contributed by atoms with E-state index in [1.165, 1.54) is 18.2 Å². The molecule has 0 spiro atoms. The van der Waals surface area contributed by atoms with Gasteiger partial charge >= 0.3 is 12.4 Å².